The van der Waals surface area contributed by atoms with Crippen molar-refractivity contribution in [1.29, 1.82) is 0 Å². The van der Waals surface area contributed by atoms with Crippen LogP contribution in [0.25, 0.3) is 22.2 Å². The van der Waals surface area contributed by atoms with E-state index in [0.717, 1.165) is 52.4 Å². The summed E-state index contributed by atoms with van der Waals surface area (Å²) in [4.78, 5) is 2.53. The fourth-order valence-corrected chi connectivity index (χ4v) is 5.60. The van der Waals surface area contributed by atoms with E-state index in [1.54, 1.807) is 6.07 Å². The van der Waals surface area contributed by atoms with Gasteiger partial charge in [-0.2, -0.15) is 0 Å². The lowest BCUT2D eigenvalue weighted by atomic mass is 10.1. The molecule has 0 saturated carbocycles. The van der Waals surface area contributed by atoms with Gasteiger partial charge in [0.1, 0.15) is 23.9 Å². The van der Waals surface area contributed by atoms with E-state index in [1.165, 1.54) is 44.3 Å². The first-order chi connectivity index (χ1) is 18.5. The quantitative estimate of drug-likeness (QED) is 0.254. The fourth-order valence-electron chi connectivity index (χ4n) is 5.60. The van der Waals surface area contributed by atoms with Crippen molar-refractivity contribution in [2.45, 2.75) is 59.1 Å². The van der Waals surface area contributed by atoms with Crippen LogP contribution >= 0.6 is 0 Å². The van der Waals surface area contributed by atoms with Crippen LogP contribution in [0.15, 0.2) is 66.7 Å². The number of benzene rings is 3. The summed E-state index contributed by atoms with van der Waals surface area (Å²) in [5.41, 5.74) is 5.49. The number of hydrogen-bond acceptors (Lipinski definition) is 4. The average Bonchev–Trinajstić information content (AvgIpc) is 3.04. The van der Waals surface area contributed by atoms with Gasteiger partial charge >= 0.3 is 0 Å². The molecule has 4 aromatic rings. The van der Waals surface area contributed by atoms with E-state index in [2.05, 4.69) is 58.9 Å². The normalized spacial score (nSPS) is 14.6. The number of hydrogen-bond donors (Lipinski definition) is 1. The summed E-state index contributed by atoms with van der Waals surface area (Å²) >= 11 is 0. The first-order valence-corrected chi connectivity index (χ1v) is 14.0. The summed E-state index contributed by atoms with van der Waals surface area (Å²) in [5, 5.41) is 11.6. The molecule has 0 aliphatic carbocycles. The Hall–Kier alpha value is -3.44. The lowest BCUT2D eigenvalue weighted by molar-refractivity contribution is 0.214. The zero-order chi connectivity index (χ0) is 26.5. The largest absolute Gasteiger partial charge is 0.507 e. The molecule has 1 fully saturated rings. The summed E-state index contributed by atoms with van der Waals surface area (Å²) in [6.45, 7) is 11.0. The molecule has 200 valence electrons. The van der Waals surface area contributed by atoms with Crippen molar-refractivity contribution in [3.63, 3.8) is 0 Å². The number of aromatic nitrogens is 1. The molecular weight excluding hydrogens is 472 g/mol. The van der Waals surface area contributed by atoms with Gasteiger partial charge in [0.2, 0.25) is 0 Å². The molecule has 0 atom stereocenters. The molecule has 1 aliphatic heterocycles. The maximum atomic E-state index is 10.7. The van der Waals surface area contributed by atoms with Crippen LogP contribution in [0.5, 0.6) is 17.2 Å². The van der Waals surface area contributed by atoms with Crippen molar-refractivity contribution in [3.05, 3.63) is 77.9 Å². The molecule has 5 nitrogen and oxygen atoms in total. The highest BCUT2D eigenvalue weighted by Crippen LogP contribution is 2.38. The van der Waals surface area contributed by atoms with Crippen molar-refractivity contribution < 1.29 is 14.6 Å². The minimum Gasteiger partial charge on any atom is -0.507 e. The van der Waals surface area contributed by atoms with Crippen molar-refractivity contribution in [1.82, 2.24) is 9.47 Å². The summed E-state index contributed by atoms with van der Waals surface area (Å²) in [5.74, 6) is 2.09. The highest BCUT2D eigenvalue weighted by Gasteiger charge is 2.19. The molecule has 1 N–H and O–H groups in total. The molecule has 0 unspecified atom stereocenters. The fraction of sp³-hybridized carbons (Fsp3) is 0.394. The summed E-state index contributed by atoms with van der Waals surface area (Å²) in [6.07, 6.45) is 5.45. The minimum absolute atomic E-state index is 0.132. The molecule has 1 aliphatic rings. The Bertz CT molecular complexity index is 1330. The molecule has 2 heterocycles. The zero-order valence-corrected chi connectivity index (χ0v) is 23.0. The first-order valence-electron chi connectivity index (χ1n) is 14.0. The van der Waals surface area contributed by atoms with E-state index < -0.39 is 0 Å². The molecule has 5 rings (SSSR count). The van der Waals surface area contributed by atoms with E-state index in [-0.39, 0.29) is 6.10 Å². The molecule has 0 spiro atoms. The number of aromatic hydroxyl groups is 1. The van der Waals surface area contributed by atoms with Gasteiger partial charge in [-0.25, -0.2) is 0 Å². The Balaban J connectivity index is 1.36. The highest BCUT2D eigenvalue weighted by atomic mass is 16.5. The summed E-state index contributed by atoms with van der Waals surface area (Å²) in [6, 6.07) is 22.5. The number of ether oxygens (including phenoxy) is 2. The van der Waals surface area contributed by atoms with Crippen LogP contribution in [-0.2, 0) is 6.54 Å². The standard InChI is InChI=1S/C33H40N2O3/c1-24(2)38-29-17-13-27(14-18-29)33-25(3)32-30(9-8-10-31(32)36)35(33)23-26-11-15-28(16-12-26)37-22-21-34-19-6-4-5-7-20-34/h8-18,24,36H,4-7,19-23H2,1-3H3. The van der Waals surface area contributed by atoms with Gasteiger partial charge in [-0.3, -0.25) is 4.90 Å². The molecule has 3 aromatic carbocycles. The second-order valence-electron chi connectivity index (χ2n) is 10.7. The number of aryl methyl sites for hydroxylation is 1. The van der Waals surface area contributed by atoms with Crippen molar-refractivity contribution in [2.24, 2.45) is 0 Å². The van der Waals surface area contributed by atoms with Crippen molar-refractivity contribution >= 4 is 10.9 Å². The molecule has 5 heteroatoms. The Morgan fingerprint density at radius 2 is 1.53 bits per heavy atom. The molecule has 38 heavy (non-hydrogen) atoms. The number of likely N-dealkylation sites (tertiary alicyclic amines) is 1. The van der Waals surface area contributed by atoms with Gasteiger partial charge in [-0.15, -0.1) is 0 Å². The molecule has 1 saturated heterocycles. The van der Waals surface area contributed by atoms with Crippen molar-refractivity contribution in [3.8, 4) is 28.5 Å². The van der Waals surface area contributed by atoms with Crippen LogP contribution in [0.2, 0.25) is 0 Å². The molecule has 0 radical (unpaired) electrons. The number of phenolic OH excluding ortho intramolecular Hbond substituents is 1. The predicted molar refractivity (Wildman–Crippen MR) is 155 cm³/mol. The van der Waals surface area contributed by atoms with Gasteiger partial charge in [-0.05, 0) is 112 Å². The van der Waals surface area contributed by atoms with Crippen LogP contribution in [0, 0.1) is 6.92 Å². The number of phenols is 1. The second-order valence-corrected chi connectivity index (χ2v) is 10.7. The Morgan fingerprint density at radius 3 is 2.21 bits per heavy atom. The highest BCUT2D eigenvalue weighted by molar-refractivity contribution is 5.96. The molecular formula is C33H40N2O3. The Morgan fingerprint density at radius 1 is 0.842 bits per heavy atom. The average molecular weight is 513 g/mol. The van der Waals surface area contributed by atoms with Gasteiger partial charge < -0.3 is 19.1 Å². The summed E-state index contributed by atoms with van der Waals surface area (Å²) in [7, 11) is 0. The van der Waals surface area contributed by atoms with Gasteiger partial charge in [-0.1, -0.05) is 31.0 Å². The van der Waals surface area contributed by atoms with Crippen LogP contribution in [0.3, 0.4) is 0 Å². The minimum atomic E-state index is 0.132. The van der Waals surface area contributed by atoms with Crippen LogP contribution in [0.4, 0.5) is 0 Å². The van der Waals surface area contributed by atoms with E-state index in [0.29, 0.717) is 12.3 Å². The third-order valence-corrected chi connectivity index (χ3v) is 7.45. The summed E-state index contributed by atoms with van der Waals surface area (Å²) < 4.78 is 14.2. The van der Waals surface area contributed by atoms with Crippen molar-refractivity contribution in [2.75, 3.05) is 26.2 Å². The third kappa shape index (κ3) is 5.99. The SMILES string of the molecule is Cc1c(-c2ccc(OC(C)C)cc2)n(Cc2ccc(OCCN3CCCCCC3)cc2)c2cccc(O)c12. The number of nitrogens with zero attached hydrogens (tertiary/aromatic N) is 2. The maximum absolute atomic E-state index is 10.7. The Labute approximate surface area is 226 Å². The maximum Gasteiger partial charge on any atom is 0.125 e. The van der Waals surface area contributed by atoms with E-state index in [1.807, 2.05) is 32.0 Å². The van der Waals surface area contributed by atoms with E-state index in [9.17, 15) is 5.11 Å². The van der Waals surface area contributed by atoms with E-state index >= 15 is 0 Å². The predicted octanol–water partition coefficient (Wildman–Crippen LogP) is 7.41. The molecule has 0 amide bonds. The van der Waals surface area contributed by atoms with E-state index in [4.69, 9.17) is 9.47 Å². The van der Waals surface area contributed by atoms with Crippen LogP contribution < -0.4 is 9.47 Å². The van der Waals surface area contributed by atoms with Crippen LogP contribution in [-0.4, -0.2) is 46.9 Å². The molecule has 0 bridgehead atoms. The van der Waals surface area contributed by atoms with Gasteiger partial charge in [0, 0.05) is 18.5 Å². The lowest BCUT2D eigenvalue weighted by Gasteiger charge is -2.19. The number of rotatable bonds is 9. The lowest BCUT2D eigenvalue weighted by Crippen LogP contribution is -2.29. The zero-order valence-electron chi connectivity index (χ0n) is 23.0. The second kappa shape index (κ2) is 12.0. The van der Waals surface area contributed by atoms with Gasteiger partial charge in [0.25, 0.3) is 0 Å². The Kier molecular flexibility index (Phi) is 8.23. The van der Waals surface area contributed by atoms with Gasteiger partial charge in [0.15, 0.2) is 0 Å². The smallest absolute Gasteiger partial charge is 0.125 e. The third-order valence-electron chi connectivity index (χ3n) is 7.45. The van der Waals surface area contributed by atoms with Crippen LogP contribution in [0.1, 0.15) is 50.7 Å². The molecule has 1 aromatic heterocycles. The monoisotopic (exact) mass is 512 g/mol. The topological polar surface area (TPSA) is 46.9 Å². The van der Waals surface area contributed by atoms with Gasteiger partial charge in [0.05, 0.1) is 17.3 Å². The first kappa shape index (κ1) is 26.2. The number of fused-ring (bicyclic) bond motifs is 1.